The summed E-state index contributed by atoms with van der Waals surface area (Å²) >= 11 is 0. The number of methoxy groups -OCH3 is 1. The Morgan fingerprint density at radius 3 is 2.60 bits per heavy atom. The zero-order chi connectivity index (χ0) is 17.1. The zero-order valence-electron chi connectivity index (χ0n) is 13.9. The lowest BCUT2D eigenvalue weighted by Gasteiger charge is -2.19. The van der Waals surface area contributed by atoms with Crippen molar-refractivity contribution in [3.8, 4) is 28.4 Å². The highest BCUT2D eigenvalue weighted by molar-refractivity contribution is 5.67. The Morgan fingerprint density at radius 1 is 0.920 bits per heavy atom. The SMILES string of the molecule is COc1cccc(-c2ccc(Nc3ccc4c(c3)OCCO4)nc2)c1. The van der Waals surface area contributed by atoms with Gasteiger partial charge in [-0.3, -0.25) is 0 Å². The number of nitrogens with zero attached hydrogens (tertiary/aromatic N) is 1. The van der Waals surface area contributed by atoms with Gasteiger partial charge in [-0.05, 0) is 42.0 Å². The first-order valence-corrected chi connectivity index (χ1v) is 8.09. The van der Waals surface area contributed by atoms with Crippen molar-refractivity contribution in [1.82, 2.24) is 4.98 Å². The van der Waals surface area contributed by atoms with Crippen molar-refractivity contribution in [3.63, 3.8) is 0 Å². The monoisotopic (exact) mass is 334 g/mol. The van der Waals surface area contributed by atoms with Crippen molar-refractivity contribution >= 4 is 11.5 Å². The van der Waals surface area contributed by atoms with Crippen molar-refractivity contribution in [2.45, 2.75) is 0 Å². The minimum Gasteiger partial charge on any atom is -0.497 e. The van der Waals surface area contributed by atoms with E-state index in [1.165, 1.54) is 0 Å². The second-order valence-electron chi connectivity index (χ2n) is 5.65. The van der Waals surface area contributed by atoms with Crippen LogP contribution in [-0.4, -0.2) is 25.3 Å². The Hall–Kier alpha value is -3.21. The molecule has 0 bridgehead atoms. The molecule has 2 aromatic carbocycles. The first-order valence-electron chi connectivity index (χ1n) is 8.09. The minimum atomic E-state index is 0.573. The van der Waals surface area contributed by atoms with E-state index in [0.29, 0.717) is 13.2 Å². The molecule has 0 saturated heterocycles. The van der Waals surface area contributed by atoms with Crippen molar-refractivity contribution in [3.05, 3.63) is 60.8 Å². The second-order valence-corrected chi connectivity index (χ2v) is 5.65. The van der Waals surface area contributed by atoms with E-state index in [4.69, 9.17) is 14.2 Å². The van der Waals surface area contributed by atoms with Gasteiger partial charge in [-0.25, -0.2) is 4.98 Å². The van der Waals surface area contributed by atoms with Gasteiger partial charge in [0.1, 0.15) is 24.8 Å². The number of anilines is 2. The average Bonchev–Trinajstić information content (AvgIpc) is 2.68. The summed E-state index contributed by atoms with van der Waals surface area (Å²) < 4.78 is 16.4. The van der Waals surface area contributed by atoms with Crippen LogP contribution in [0.1, 0.15) is 0 Å². The molecule has 1 aliphatic rings. The molecule has 1 aliphatic heterocycles. The van der Waals surface area contributed by atoms with E-state index in [2.05, 4.69) is 10.3 Å². The first kappa shape index (κ1) is 15.3. The highest BCUT2D eigenvalue weighted by Gasteiger charge is 2.11. The molecule has 4 rings (SSSR count). The van der Waals surface area contributed by atoms with E-state index in [1.54, 1.807) is 7.11 Å². The number of fused-ring (bicyclic) bond motifs is 1. The maximum Gasteiger partial charge on any atom is 0.163 e. The predicted octanol–water partition coefficient (Wildman–Crippen LogP) is 4.27. The largest absolute Gasteiger partial charge is 0.497 e. The number of ether oxygens (including phenoxy) is 3. The van der Waals surface area contributed by atoms with Gasteiger partial charge in [0.15, 0.2) is 11.5 Å². The molecule has 0 fully saturated rings. The Balaban J connectivity index is 1.52. The summed E-state index contributed by atoms with van der Waals surface area (Å²) in [5.41, 5.74) is 3.01. The third kappa shape index (κ3) is 3.35. The lowest BCUT2D eigenvalue weighted by atomic mass is 10.1. The van der Waals surface area contributed by atoms with Crippen molar-refractivity contribution in [1.29, 1.82) is 0 Å². The number of hydrogen-bond donors (Lipinski definition) is 1. The summed E-state index contributed by atoms with van der Waals surface area (Å²) in [6, 6.07) is 17.7. The summed E-state index contributed by atoms with van der Waals surface area (Å²) in [7, 11) is 1.66. The molecule has 1 aromatic heterocycles. The quantitative estimate of drug-likeness (QED) is 0.772. The number of rotatable bonds is 4. The van der Waals surface area contributed by atoms with Gasteiger partial charge in [-0.1, -0.05) is 12.1 Å². The highest BCUT2D eigenvalue weighted by atomic mass is 16.6. The Kier molecular flexibility index (Phi) is 4.12. The predicted molar refractivity (Wildman–Crippen MR) is 96.9 cm³/mol. The minimum absolute atomic E-state index is 0.573. The molecule has 25 heavy (non-hydrogen) atoms. The summed E-state index contributed by atoms with van der Waals surface area (Å²) in [5, 5.41) is 3.28. The summed E-state index contributed by atoms with van der Waals surface area (Å²) in [6.07, 6.45) is 1.84. The number of nitrogens with one attached hydrogen (secondary N) is 1. The van der Waals surface area contributed by atoms with Gasteiger partial charge in [-0.2, -0.15) is 0 Å². The van der Waals surface area contributed by atoms with Crippen molar-refractivity contribution in [2.75, 3.05) is 25.6 Å². The van der Waals surface area contributed by atoms with E-state index in [-0.39, 0.29) is 0 Å². The molecule has 0 amide bonds. The number of hydrogen-bond acceptors (Lipinski definition) is 5. The zero-order valence-corrected chi connectivity index (χ0v) is 13.9. The number of aromatic nitrogens is 1. The normalized spacial score (nSPS) is 12.5. The fraction of sp³-hybridized carbons (Fsp3) is 0.150. The average molecular weight is 334 g/mol. The van der Waals surface area contributed by atoms with Crippen LogP contribution in [0.25, 0.3) is 11.1 Å². The molecular weight excluding hydrogens is 316 g/mol. The molecule has 3 aromatic rings. The molecule has 5 heteroatoms. The van der Waals surface area contributed by atoms with Gasteiger partial charge in [0.25, 0.3) is 0 Å². The third-order valence-corrected chi connectivity index (χ3v) is 3.98. The van der Waals surface area contributed by atoms with Gasteiger partial charge in [-0.15, -0.1) is 0 Å². The Morgan fingerprint density at radius 2 is 1.80 bits per heavy atom. The number of pyridine rings is 1. The fourth-order valence-corrected chi connectivity index (χ4v) is 2.71. The molecule has 0 aliphatic carbocycles. The Bertz CT molecular complexity index is 878. The fourth-order valence-electron chi connectivity index (χ4n) is 2.71. The summed E-state index contributed by atoms with van der Waals surface area (Å²) in [5.74, 6) is 3.13. The van der Waals surface area contributed by atoms with E-state index < -0.39 is 0 Å². The standard InChI is InChI=1S/C20H18N2O3/c1-23-17-4-2-3-14(11-17)15-5-8-20(21-13-15)22-16-6-7-18-19(12-16)25-10-9-24-18/h2-8,11-13H,9-10H2,1H3,(H,21,22). The molecule has 0 spiro atoms. The maximum atomic E-state index is 5.60. The van der Waals surface area contributed by atoms with Crippen LogP contribution in [0.15, 0.2) is 60.8 Å². The van der Waals surface area contributed by atoms with E-state index in [1.807, 2.05) is 60.8 Å². The molecule has 0 atom stereocenters. The highest BCUT2D eigenvalue weighted by Crippen LogP contribution is 2.33. The van der Waals surface area contributed by atoms with Gasteiger partial charge in [0, 0.05) is 23.5 Å². The molecule has 5 nitrogen and oxygen atoms in total. The van der Waals surface area contributed by atoms with Crippen molar-refractivity contribution in [2.24, 2.45) is 0 Å². The van der Waals surface area contributed by atoms with Crippen LogP contribution in [0.4, 0.5) is 11.5 Å². The van der Waals surface area contributed by atoms with Crippen molar-refractivity contribution < 1.29 is 14.2 Å². The summed E-state index contributed by atoms with van der Waals surface area (Å²) in [6.45, 7) is 1.16. The van der Waals surface area contributed by atoms with Crippen LogP contribution in [0, 0.1) is 0 Å². The molecule has 0 unspecified atom stereocenters. The Labute approximate surface area is 146 Å². The molecule has 2 heterocycles. The van der Waals surface area contributed by atoms with Crippen LogP contribution in [-0.2, 0) is 0 Å². The topological polar surface area (TPSA) is 52.6 Å². The van der Waals surface area contributed by atoms with Gasteiger partial charge >= 0.3 is 0 Å². The molecule has 0 radical (unpaired) electrons. The maximum absolute atomic E-state index is 5.60. The van der Waals surface area contributed by atoms with E-state index >= 15 is 0 Å². The second kappa shape index (κ2) is 6.73. The van der Waals surface area contributed by atoms with Crippen LogP contribution >= 0.6 is 0 Å². The number of benzene rings is 2. The first-order chi connectivity index (χ1) is 12.3. The third-order valence-electron chi connectivity index (χ3n) is 3.98. The van der Waals surface area contributed by atoms with Crippen LogP contribution in [0.3, 0.4) is 0 Å². The lowest BCUT2D eigenvalue weighted by Crippen LogP contribution is -2.15. The molecule has 0 saturated carbocycles. The van der Waals surface area contributed by atoms with E-state index in [9.17, 15) is 0 Å². The van der Waals surface area contributed by atoms with Gasteiger partial charge in [0.05, 0.1) is 7.11 Å². The molecular formula is C20H18N2O3. The smallest absolute Gasteiger partial charge is 0.163 e. The molecule has 1 N–H and O–H groups in total. The lowest BCUT2D eigenvalue weighted by molar-refractivity contribution is 0.171. The van der Waals surface area contributed by atoms with E-state index in [0.717, 1.165) is 39.9 Å². The van der Waals surface area contributed by atoms with Crippen LogP contribution in [0.5, 0.6) is 17.2 Å². The van der Waals surface area contributed by atoms with Crippen LogP contribution < -0.4 is 19.5 Å². The summed E-state index contributed by atoms with van der Waals surface area (Å²) in [4.78, 5) is 4.49. The van der Waals surface area contributed by atoms with Gasteiger partial charge in [0.2, 0.25) is 0 Å². The van der Waals surface area contributed by atoms with Crippen LogP contribution in [0.2, 0.25) is 0 Å². The van der Waals surface area contributed by atoms with Gasteiger partial charge < -0.3 is 19.5 Å². The molecule has 126 valence electrons.